The summed E-state index contributed by atoms with van der Waals surface area (Å²) in [7, 11) is 0. The van der Waals surface area contributed by atoms with E-state index in [0.717, 1.165) is 42.7 Å². The SMILES string of the molecule is O=C(OCCOCC(F)(F)F)N1CCC[C@@H]2[C@H]1CCN2c1ncnc2[nH]ccc12. The topological polar surface area (TPSA) is 83.6 Å². The summed E-state index contributed by atoms with van der Waals surface area (Å²) >= 11 is 0. The van der Waals surface area contributed by atoms with E-state index in [-0.39, 0.29) is 25.3 Å². The zero-order chi connectivity index (χ0) is 20.4. The van der Waals surface area contributed by atoms with Gasteiger partial charge in [0.25, 0.3) is 0 Å². The van der Waals surface area contributed by atoms with Gasteiger partial charge in [-0.3, -0.25) is 0 Å². The Kier molecular flexibility index (Phi) is 5.48. The lowest BCUT2D eigenvalue weighted by atomic mass is 9.97. The van der Waals surface area contributed by atoms with E-state index in [1.165, 1.54) is 6.33 Å². The molecule has 0 spiro atoms. The number of carbonyl (C=O) groups excluding carboxylic acids is 1. The van der Waals surface area contributed by atoms with E-state index < -0.39 is 18.9 Å². The smallest absolute Gasteiger partial charge is 0.411 e. The maximum atomic E-state index is 12.5. The van der Waals surface area contributed by atoms with Crippen molar-refractivity contribution in [1.82, 2.24) is 19.9 Å². The number of rotatable bonds is 5. The number of nitrogens with zero attached hydrogens (tertiary/aromatic N) is 4. The molecule has 0 saturated carbocycles. The highest BCUT2D eigenvalue weighted by atomic mass is 19.4. The Morgan fingerprint density at radius 2 is 2.07 bits per heavy atom. The lowest BCUT2D eigenvalue weighted by Crippen LogP contribution is -2.52. The Bertz CT molecular complexity index is 859. The number of aromatic amines is 1. The van der Waals surface area contributed by atoms with E-state index >= 15 is 0 Å². The molecule has 158 valence electrons. The third kappa shape index (κ3) is 4.24. The fourth-order valence-corrected chi connectivity index (χ4v) is 4.22. The number of H-pyrrole nitrogens is 1. The van der Waals surface area contributed by atoms with Crippen LogP contribution in [0.25, 0.3) is 11.0 Å². The lowest BCUT2D eigenvalue weighted by Gasteiger charge is -2.39. The Balaban J connectivity index is 1.37. The summed E-state index contributed by atoms with van der Waals surface area (Å²) in [5.41, 5.74) is 0.768. The summed E-state index contributed by atoms with van der Waals surface area (Å²) in [6.45, 7) is -0.514. The van der Waals surface area contributed by atoms with Gasteiger partial charge in [-0.25, -0.2) is 14.8 Å². The van der Waals surface area contributed by atoms with Crippen LogP contribution >= 0.6 is 0 Å². The van der Waals surface area contributed by atoms with Gasteiger partial charge in [-0.1, -0.05) is 0 Å². The van der Waals surface area contributed by atoms with Gasteiger partial charge in [-0.05, 0) is 25.3 Å². The zero-order valence-corrected chi connectivity index (χ0v) is 15.7. The number of ether oxygens (including phenoxy) is 2. The van der Waals surface area contributed by atoms with Crippen molar-refractivity contribution in [2.75, 3.05) is 37.8 Å². The maximum absolute atomic E-state index is 12.5. The molecule has 4 rings (SSSR count). The van der Waals surface area contributed by atoms with Crippen LogP contribution in [0.5, 0.6) is 0 Å². The van der Waals surface area contributed by atoms with Crippen LogP contribution in [0, 0.1) is 0 Å². The quantitative estimate of drug-likeness (QED) is 0.759. The molecule has 0 aromatic carbocycles. The minimum absolute atomic E-state index is 0.0173. The molecule has 29 heavy (non-hydrogen) atoms. The lowest BCUT2D eigenvalue weighted by molar-refractivity contribution is -0.175. The van der Waals surface area contributed by atoms with Crippen molar-refractivity contribution in [1.29, 1.82) is 0 Å². The second-order valence-electron chi connectivity index (χ2n) is 7.17. The number of anilines is 1. The minimum atomic E-state index is -4.39. The molecule has 2 aliphatic heterocycles. The predicted octanol–water partition coefficient (Wildman–Crippen LogP) is 2.72. The third-order valence-corrected chi connectivity index (χ3v) is 5.37. The summed E-state index contributed by atoms with van der Waals surface area (Å²) in [5.74, 6) is 0.847. The Morgan fingerprint density at radius 3 is 2.90 bits per heavy atom. The van der Waals surface area contributed by atoms with Crippen molar-refractivity contribution in [3.8, 4) is 0 Å². The Hall–Kier alpha value is -2.56. The number of likely N-dealkylation sites (tertiary alicyclic amines) is 1. The molecular weight excluding hydrogens is 391 g/mol. The first-order chi connectivity index (χ1) is 13.9. The van der Waals surface area contributed by atoms with Gasteiger partial charge >= 0.3 is 12.3 Å². The number of carbonyl (C=O) groups is 1. The Morgan fingerprint density at radius 1 is 1.21 bits per heavy atom. The van der Waals surface area contributed by atoms with Gasteiger partial charge < -0.3 is 24.3 Å². The van der Waals surface area contributed by atoms with Gasteiger partial charge in [0.2, 0.25) is 0 Å². The number of aromatic nitrogens is 3. The van der Waals surface area contributed by atoms with E-state index in [1.807, 2.05) is 12.3 Å². The van der Waals surface area contributed by atoms with Crippen molar-refractivity contribution < 1.29 is 27.4 Å². The number of amides is 1. The van der Waals surface area contributed by atoms with E-state index in [1.54, 1.807) is 4.90 Å². The molecule has 2 atom stereocenters. The average molecular weight is 413 g/mol. The van der Waals surface area contributed by atoms with Gasteiger partial charge in [-0.15, -0.1) is 0 Å². The molecule has 2 aromatic rings. The number of alkyl halides is 3. The van der Waals surface area contributed by atoms with Crippen LogP contribution < -0.4 is 4.90 Å². The standard InChI is InChI=1S/C18H22F3N5O3/c19-18(20,21)10-28-8-9-29-17(27)26-6-1-2-13-14(26)4-7-25(13)16-12-3-5-22-15(12)23-11-24-16/h3,5,11,13-14H,1-2,4,6-10H2,(H,22,23,24)/t13-,14-/m1/s1. The average Bonchev–Trinajstić information content (AvgIpc) is 3.33. The van der Waals surface area contributed by atoms with Crippen LogP contribution in [0.15, 0.2) is 18.6 Å². The number of hydrogen-bond donors (Lipinski definition) is 1. The van der Waals surface area contributed by atoms with Crippen LogP contribution in [0.1, 0.15) is 19.3 Å². The molecular formula is C18H22F3N5O3. The Labute approximate surface area is 165 Å². The number of piperidine rings is 1. The van der Waals surface area contributed by atoms with Crippen LogP contribution in [-0.4, -0.2) is 77.1 Å². The molecule has 8 nitrogen and oxygen atoms in total. The fraction of sp³-hybridized carbons (Fsp3) is 0.611. The first kappa shape index (κ1) is 19.7. The second kappa shape index (κ2) is 8.05. The van der Waals surface area contributed by atoms with E-state index in [4.69, 9.17) is 4.74 Å². The van der Waals surface area contributed by atoms with Gasteiger partial charge in [0.05, 0.1) is 24.1 Å². The maximum Gasteiger partial charge on any atom is 0.411 e. The molecule has 2 saturated heterocycles. The largest absolute Gasteiger partial charge is 0.447 e. The summed E-state index contributed by atoms with van der Waals surface area (Å²) in [6, 6.07) is 2.04. The molecule has 4 heterocycles. The molecule has 0 bridgehead atoms. The van der Waals surface area contributed by atoms with Crippen molar-refractivity contribution in [2.24, 2.45) is 0 Å². The molecule has 1 amide bonds. The van der Waals surface area contributed by atoms with Crippen molar-refractivity contribution in [2.45, 2.75) is 37.5 Å². The summed E-state index contributed by atoms with van der Waals surface area (Å²) < 4.78 is 45.9. The predicted molar refractivity (Wildman–Crippen MR) is 97.6 cm³/mol. The molecule has 2 fully saturated rings. The zero-order valence-electron chi connectivity index (χ0n) is 15.7. The monoisotopic (exact) mass is 413 g/mol. The summed E-state index contributed by atoms with van der Waals surface area (Å²) in [5, 5.41) is 0.940. The highest BCUT2D eigenvalue weighted by Crippen LogP contribution is 2.36. The molecule has 2 aliphatic rings. The molecule has 11 heteroatoms. The molecule has 0 unspecified atom stereocenters. The number of fused-ring (bicyclic) bond motifs is 2. The molecule has 0 radical (unpaired) electrons. The minimum Gasteiger partial charge on any atom is -0.447 e. The van der Waals surface area contributed by atoms with E-state index in [0.29, 0.717) is 6.54 Å². The van der Waals surface area contributed by atoms with Crippen molar-refractivity contribution in [3.63, 3.8) is 0 Å². The molecule has 2 aromatic heterocycles. The van der Waals surface area contributed by atoms with Gasteiger partial charge in [0.1, 0.15) is 31.0 Å². The highest BCUT2D eigenvalue weighted by molar-refractivity contribution is 5.87. The van der Waals surface area contributed by atoms with Gasteiger partial charge in [0.15, 0.2) is 0 Å². The number of nitrogens with one attached hydrogen (secondary N) is 1. The first-order valence-corrected chi connectivity index (χ1v) is 9.56. The molecule has 0 aliphatic carbocycles. The van der Waals surface area contributed by atoms with Gasteiger partial charge in [0, 0.05) is 19.3 Å². The van der Waals surface area contributed by atoms with Crippen LogP contribution in [0.4, 0.5) is 23.8 Å². The van der Waals surface area contributed by atoms with Crippen molar-refractivity contribution in [3.05, 3.63) is 18.6 Å². The highest BCUT2D eigenvalue weighted by Gasteiger charge is 2.43. The summed E-state index contributed by atoms with van der Waals surface area (Å²) in [6.07, 6.45) is 0.979. The van der Waals surface area contributed by atoms with Crippen LogP contribution in [0.3, 0.4) is 0 Å². The van der Waals surface area contributed by atoms with Crippen molar-refractivity contribution >= 4 is 22.9 Å². The molecule has 1 N–H and O–H groups in total. The van der Waals surface area contributed by atoms with E-state index in [9.17, 15) is 18.0 Å². The first-order valence-electron chi connectivity index (χ1n) is 9.56. The fourth-order valence-electron chi connectivity index (χ4n) is 4.22. The van der Waals surface area contributed by atoms with Crippen LogP contribution in [0.2, 0.25) is 0 Å². The van der Waals surface area contributed by atoms with E-state index in [2.05, 4.69) is 24.6 Å². The second-order valence-corrected chi connectivity index (χ2v) is 7.17. The summed E-state index contributed by atoms with van der Waals surface area (Å²) in [4.78, 5) is 28.2. The number of hydrogen-bond acceptors (Lipinski definition) is 6. The third-order valence-electron chi connectivity index (χ3n) is 5.37. The normalized spacial score (nSPS) is 22.2. The number of halogens is 3. The van der Waals surface area contributed by atoms with Crippen LogP contribution in [-0.2, 0) is 9.47 Å². The van der Waals surface area contributed by atoms with Gasteiger partial charge in [-0.2, -0.15) is 13.2 Å².